The number of carbonyl (C=O) groups is 1. The summed E-state index contributed by atoms with van der Waals surface area (Å²) in [5, 5.41) is 0.897. The molecule has 0 atom stereocenters. The molecule has 4 heteroatoms. The van der Waals surface area contributed by atoms with Crippen molar-refractivity contribution in [1.29, 1.82) is 0 Å². The van der Waals surface area contributed by atoms with Crippen molar-refractivity contribution in [2.45, 2.75) is 52.6 Å². The molecule has 1 heterocycles. The van der Waals surface area contributed by atoms with E-state index in [0.29, 0.717) is 19.3 Å². The summed E-state index contributed by atoms with van der Waals surface area (Å²) in [5.41, 5.74) is 0.391. The van der Waals surface area contributed by atoms with Crippen LogP contribution in [0.3, 0.4) is 0 Å². The summed E-state index contributed by atoms with van der Waals surface area (Å²) in [7, 11) is 1.61. The standard InChI is InChI=1S/C13H21NO2S/c1-6-13(7-2,16-5)11(15)8-12-14-9(3)10(4)17-12/h6-8H2,1-5H3. The molecule has 1 rings (SSSR count). The molecule has 1 aromatic rings. The summed E-state index contributed by atoms with van der Waals surface area (Å²) in [6.07, 6.45) is 1.80. The van der Waals surface area contributed by atoms with Gasteiger partial charge in [-0.25, -0.2) is 4.98 Å². The lowest BCUT2D eigenvalue weighted by Crippen LogP contribution is -2.40. The Labute approximate surface area is 107 Å². The van der Waals surface area contributed by atoms with E-state index in [2.05, 4.69) is 4.98 Å². The average Bonchev–Trinajstić information content (AvgIpc) is 2.61. The van der Waals surface area contributed by atoms with E-state index < -0.39 is 5.60 Å². The van der Waals surface area contributed by atoms with Gasteiger partial charge in [-0.05, 0) is 26.7 Å². The zero-order chi connectivity index (χ0) is 13.1. The van der Waals surface area contributed by atoms with E-state index in [-0.39, 0.29) is 5.78 Å². The van der Waals surface area contributed by atoms with E-state index in [9.17, 15) is 4.79 Å². The quantitative estimate of drug-likeness (QED) is 0.784. The van der Waals surface area contributed by atoms with Crippen molar-refractivity contribution < 1.29 is 9.53 Å². The summed E-state index contributed by atoms with van der Waals surface area (Å²) in [6.45, 7) is 7.99. The molecule has 0 aliphatic carbocycles. The second-order valence-corrected chi connectivity index (χ2v) is 5.54. The Kier molecular flexibility index (Phi) is 4.83. The number of rotatable bonds is 6. The Morgan fingerprint density at radius 2 is 1.94 bits per heavy atom. The van der Waals surface area contributed by atoms with Crippen LogP contribution in [0.2, 0.25) is 0 Å². The van der Waals surface area contributed by atoms with Crippen LogP contribution >= 0.6 is 11.3 Å². The molecule has 1 aromatic heterocycles. The number of nitrogens with zero attached hydrogens (tertiary/aromatic N) is 1. The molecule has 0 bridgehead atoms. The van der Waals surface area contributed by atoms with Gasteiger partial charge in [0.1, 0.15) is 10.6 Å². The minimum atomic E-state index is -0.631. The highest BCUT2D eigenvalue weighted by molar-refractivity contribution is 7.11. The Hall–Kier alpha value is -0.740. The highest BCUT2D eigenvalue weighted by atomic mass is 32.1. The number of aryl methyl sites for hydroxylation is 2. The van der Waals surface area contributed by atoms with Crippen LogP contribution in [0.4, 0.5) is 0 Å². The maximum Gasteiger partial charge on any atom is 0.171 e. The van der Waals surface area contributed by atoms with Gasteiger partial charge in [-0.15, -0.1) is 11.3 Å². The molecule has 0 radical (unpaired) electrons. The second-order valence-electron chi connectivity index (χ2n) is 4.25. The van der Waals surface area contributed by atoms with Gasteiger partial charge < -0.3 is 4.74 Å². The highest BCUT2D eigenvalue weighted by Gasteiger charge is 2.34. The van der Waals surface area contributed by atoms with E-state index >= 15 is 0 Å². The van der Waals surface area contributed by atoms with Crippen molar-refractivity contribution in [2.75, 3.05) is 7.11 Å². The molecule has 0 saturated carbocycles. The summed E-state index contributed by atoms with van der Waals surface area (Å²) in [5.74, 6) is 0.138. The topological polar surface area (TPSA) is 39.2 Å². The van der Waals surface area contributed by atoms with Crippen LogP contribution in [0.1, 0.15) is 42.3 Å². The zero-order valence-corrected chi connectivity index (χ0v) is 12.1. The first-order valence-corrected chi connectivity index (χ1v) is 6.82. The van der Waals surface area contributed by atoms with Gasteiger partial charge in [0.25, 0.3) is 0 Å². The fourth-order valence-corrected chi connectivity index (χ4v) is 2.89. The summed E-state index contributed by atoms with van der Waals surface area (Å²) in [6, 6.07) is 0. The van der Waals surface area contributed by atoms with Gasteiger partial charge in [0.05, 0.1) is 12.1 Å². The van der Waals surface area contributed by atoms with Crippen LogP contribution in [-0.2, 0) is 16.0 Å². The molecule has 0 unspecified atom stereocenters. The largest absolute Gasteiger partial charge is 0.370 e. The maximum absolute atomic E-state index is 12.3. The van der Waals surface area contributed by atoms with Crippen LogP contribution in [0.25, 0.3) is 0 Å². The number of aromatic nitrogens is 1. The number of thiazole rings is 1. The SMILES string of the molecule is CCC(CC)(OC)C(=O)Cc1nc(C)c(C)s1. The van der Waals surface area contributed by atoms with Gasteiger partial charge in [0.2, 0.25) is 0 Å². The number of ketones is 1. The van der Waals surface area contributed by atoms with Crippen LogP contribution < -0.4 is 0 Å². The molecule has 0 amide bonds. The first kappa shape index (κ1) is 14.3. The molecule has 0 aromatic carbocycles. The second kappa shape index (κ2) is 5.74. The third-order valence-corrected chi connectivity index (χ3v) is 4.50. The molecule has 17 heavy (non-hydrogen) atoms. The van der Waals surface area contributed by atoms with Gasteiger partial charge >= 0.3 is 0 Å². The monoisotopic (exact) mass is 255 g/mol. The van der Waals surface area contributed by atoms with Crippen LogP contribution in [0.15, 0.2) is 0 Å². The first-order chi connectivity index (χ1) is 7.99. The lowest BCUT2D eigenvalue weighted by Gasteiger charge is -2.28. The maximum atomic E-state index is 12.3. The van der Waals surface area contributed by atoms with Gasteiger partial charge in [0.15, 0.2) is 5.78 Å². The fourth-order valence-electron chi connectivity index (χ4n) is 1.96. The first-order valence-electron chi connectivity index (χ1n) is 6.00. The number of carbonyl (C=O) groups excluding carboxylic acids is 1. The van der Waals surface area contributed by atoms with E-state index in [1.165, 1.54) is 4.88 Å². The molecule has 3 nitrogen and oxygen atoms in total. The number of methoxy groups -OCH3 is 1. The molecular weight excluding hydrogens is 234 g/mol. The van der Waals surface area contributed by atoms with Crippen molar-refractivity contribution in [1.82, 2.24) is 4.98 Å². The van der Waals surface area contributed by atoms with Gasteiger partial charge in [-0.1, -0.05) is 13.8 Å². The Morgan fingerprint density at radius 3 is 2.29 bits per heavy atom. The lowest BCUT2D eigenvalue weighted by atomic mass is 9.90. The highest BCUT2D eigenvalue weighted by Crippen LogP contribution is 2.25. The normalized spacial score (nSPS) is 11.8. The van der Waals surface area contributed by atoms with E-state index in [1.54, 1.807) is 18.4 Å². The Balaban J connectivity index is 2.84. The third-order valence-electron chi connectivity index (χ3n) is 3.43. The number of hydrogen-bond acceptors (Lipinski definition) is 4. The predicted molar refractivity (Wildman–Crippen MR) is 70.6 cm³/mol. The van der Waals surface area contributed by atoms with Crippen LogP contribution in [-0.4, -0.2) is 23.5 Å². The zero-order valence-electron chi connectivity index (χ0n) is 11.3. The van der Waals surface area contributed by atoms with Gasteiger partial charge in [-0.3, -0.25) is 4.79 Å². The molecule has 0 aliphatic heterocycles. The van der Waals surface area contributed by atoms with Crippen molar-refractivity contribution >= 4 is 17.1 Å². The molecule has 0 fully saturated rings. The average molecular weight is 255 g/mol. The van der Waals surface area contributed by atoms with Crippen molar-refractivity contribution in [2.24, 2.45) is 0 Å². The number of ether oxygens (including phenoxy) is 1. The van der Waals surface area contributed by atoms with E-state index in [1.807, 2.05) is 27.7 Å². The summed E-state index contributed by atoms with van der Waals surface area (Å²) < 4.78 is 5.43. The van der Waals surface area contributed by atoms with Crippen molar-refractivity contribution in [3.63, 3.8) is 0 Å². The van der Waals surface area contributed by atoms with Gasteiger partial charge in [0, 0.05) is 12.0 Å². The summed E-state index contributed by atoms with van der Waals surface area (Å²) >= 11 is 1.60. The number of hydrogen-bond donors (Lipinski definition) is 0. The molecule has 0 N–H and O–H groups in total. The number of Topliss-reactive ketones (excluding diaryl/α,β-unsaturated/α-hetero) is 1. The van der Waals surface area contributed by atoms with Crippen molar-refractivity contribution in [3.8, 4) is 0 Å². The minimum absolute atomic E-state index is 0.138. The Bertz CT molecular complexity index is 366. The fraction of sp³-hybridized carbons (Fsp3) is 0.692. The summed E-state index contributed by atoms with van der Waals surface area (Å²) in [4.78, 5) is 17.9. The molecule has 0 aliphatic rings. The van der Waals surface area contributed by atoms with Gasteiger partial charge in [-0.2, -0.15) is 0 Å². The van der Waals surface area contributed by atoms with E-state index in [4.69, 9.17) is 4.74 Å². The van der Waals surface area contributed by atoms with E-state index in [0.717, 1.165) is 10.7 Å². The molecular formula is C13H21NO2S. The molecule has 0 spiro atoms. The minimum Gasteiger partial charge on any atom is -0.370 e. The molecule has 96 valence electrons. The Morgan fingerprint density at radius 1 is 1.35 bits per heavy atom. The lowest BCUT2D eigenvalue weighted by molar-refractivity contribution is -0.141. The van der Waals surface area contributed by atoms with Crippen LogP contribution in [0, 0.1) is 13.8 Å². The van der Waals surface area contributed by atoms with Crippen LogP contribution in [0.5, 0.6) is 0 Å². The smallest absolute Gasteiger partial charge is 0.171 e. The third kappa shape index (κ3) is 2.93. The predicted octanol–water partition coefficient (Wildman–Crippen LogP) is 3.08. The van der Waals surface area contributed by atoms with Crippen molar-refractivity contribution in [3.05, 3.63) is 15.6 Å². The molecule has 0 saturated heterocycles.